The molecule has 0 aliphatic carbocycles. The van der Waals surface area contributed by atoms with Gasteiger partial charge in [-0.05, 0) is 55.3 Å². The highest BCUT2D eigenvalue weighted by molar-refractivity contribution is 9.11. The summed E-state index contributed by atoms with van der Waals surface area (Å²) < 4.78 is 0.839. The monoisotopic (exact) mass is 390 g/mol. The van der Waals surface area contributed by atoms with Gasteiger partial charge >= 0.3 is 5.97 Å². The van der Waals surface area contributed by atoms with Crippen molar-refractivity contribution in [2.75, 3.05) is 6.54 Å². The summed E-state index contributed by atoms with van der Waals surface area (Å²) in [6.07, 6.45) is 0.312. The van der Waals surface area contributed by atoms with Crippen molar-refractivity contribution in [3.8, 4) is 0 Å². The molecule has 1 unspecified atom stereocenters. The molecule has 0 aromatic carbocycles. The largest absolute Gasteiger partial charge is 0.481 e. The van der Waals surface area contributed by atoms with Crippen molar-refractivity contribution in [2.24, 2.45) is 5.41 Å². The third-order valence-electron chi connectivity index (χ3n) is 3.17. The van der Waals surface area contributed by atoms with Crippen LogP contribution in [0.4, 0.5) is 0 Å². The van der Waals surface area contributed by atoms with Gasteiger partial charge in [0.1, 0.15) is 6.04 Å². The smallest absolute Gasteiger partial charge is 0.309 e. The highest BCUT2D eigenvalue weighted by Crippen LogP contribution is 2.22. The molecule has 0 saturated heterocycles. The second-order valence-corrected chi connectivity index (χ2v) is 7.99. The molecule has 122 valence electrons. The first-order valence-electron chi connectivity index (χ1n) is 6.71. The quantitative estimate of drug-likeness (QED) is 0.664. The molecule has 1 rings (SSSR count). The standard InChI is InChI=1S/C14H19BrN2O4S/c1-8(17-12(19)9-4-5-10(15)22-9)11(18)16-7-6-14(2,3)13(20)21/h4-5,8H,6-7H2,1-3H3,(H,16,18)(H,17,19)(H,20,21). The Morgan fingerprint density at radius 3 is 2.50 bits per heavy atom. The maximum absolute atomic E-state index is 11.9. The zero-order valence-corrected chi connectivity index (χ0v) is 15.0. The third-order valence-corrected chi connectivity index (χ3v) is 4.79. The minimum atomic E-state index is -0.911. The number of nitrogens with one attached hydrogen (secondary N) is 2. The number of carbonyl (C=O) groups is 3. The number of amides is 2. The van der Waals surface area contributed by atoms with Gasteiger partial charge in [0.2, 0.25) is 5.91 Å². The summed E-state index contributed by atoms with van der Waals surface area (Å²) in [6.45, 7) is 5.02. The summed E-state index contributed by atoms with van der Waals surface area (Å²) in [5, 5.41) is 14.2. The Morgan fingerprint density at radius 1 is 1.36 bits per heavy atom. The van der Waals surface area contributed by atoms with E-state index in [4.69, 9.17) is 5.11 Å². The van der Waals surface area contributed by atoms with E-state index >= 15 is 0 Å². The van der Waals surface area contributed by atoms with E-state index in [1.807, 2.05) is 0 Å². The lowest BCUT2D eigenvalue weighted by atomic mass is 9.90. The molecule has 1 aromatic rings. The molecule has 0 aliphatic heterocycles. The summed E-state index contributed by atoms with van der Waals surface area (Å²) in [7, 11) is 0. The van der Waals surface area contributed by atoms with Crippen molar-refractivity contribution >= 4 is 45.1 Å². The number of carboxylic acids is 1. The summed E-state index contributed by atoms with van der Waals surface area (Å²) in [5.41, 5.74) is -0.900. The predicted octanol–water partition coefficient (Wildman–Crippen LogP) is 2.25. The Kier molecular flexibility index (Phi) is 6.55. The number of rotatable bonds is 7. The van der Waals surface area contributed by atoms with Gasteiger partial charge in [0, 0.05) is 6.54 Å². The van der Waals surface area contributed by atoms with Gasteiger partial charge in [-0.1, -0.05) is 0 Å². The van der Waals surface area contributed by atoms with E-state index in [1.54, 1.807) is 32.9 Å². The zero-order chi connectivity index (χ0) is 16.9. The van der Waals surface area contributed by atoms with Gasteiger partial charge < -0.3 is 15.7 Å². The van der Waals surface area contributed by atoms with Crippen LogP contribution in [0.1, 0.15) is 36.9 Å². The second kappa shape index (κ2) is 7.73. The van der Waals surface area contributed by atoms with Gasteiger partial charge in [0.15, 0.2) is 0 Å². The average Bonchev–Trinajstić information content (AvgIpc) is 2.84. The van der Waals surface area contributed by atoms with Gasteiger partial charge in [-0.15, -0.1) is 11.3 Å². The number of hydrogen-bond acceptors (Lipinski definition) is 4. The lowest BCUT2D eigenvalue weighted by Crippen LogP contribution is -2.45. The molecule has 0 saturated carbocycles. The van der Waals surface area contributed by atoms with Crippen molar-refractivity contribution in [1.29, 1.82) is 0 Å². The zero-order valence-electron chi connectivity index (χ0n) is 12.6. The molecule has 0 fully saturated rings. The molecule has 22 heavy (non-hydrogen) atoms. The maximum atomic E-state index is 11.9. The Morgan fingerprint density at radius 2 is 2.00 bits per heavy atom. The minimum Gasteiger partial charge on any atom is -0.481 e. The Bertz CT molecular complexity index is 571. The summed E-state index contributed by atoms with van der Waals surface area (Å²) in [6, 6.07) is 2.74. The molecule has 6 nitrogen and oxygen atoms in total. The highest BCUT2D eigenvalue weighted by Gasteiger charge is 2.27. The number of carboxylic acid groups (broad SMARTS) is 1. The van der Waals surface area contributed by atoms with Crippen molar-refractivity contribution in [1.82, 2.24) is 10.6 Å². The Hall–Kier alpha value is -1.41. The van der Waals surface area contributed by atoms with E-state index in [0.29, 0.717) is 11.3 Å². The van der Waals surface area contributed by atoms with Crippen LogP contribution < -0.4 is 10.6 Å². The molecule has 2 amide bonds. The van der Waals surface area contributed by atoms with Crippen LogP contribution in [0.5, 0.6) is 0 Å². The van der Waals surface area contributed by atoms with E-state index < -0.39 is 17.4 Å². The molecule has 1 heterocycles. The van der Waals surface area contributed by atoms with Gasteiger partial charge in [-0.3, -0.25) is 14.4 Å². The molecular formula is C14H19BrN2O4S. The van der Waals surface area contributed by atoms with Gasteiger partial charge in [0.05, 0.1) is 14.1 Å². The molecule has 0 aliphatic rings. The lowest BCUT2D eigenvalue weighted by molar-refractivity contribution is -0.147. The van der Waals surface area contributed by atoms with Crippen LogP contribution in [0.2, 0.25) is 0 Å². The second-order valence-electron chi connectivity index (χ2n) is 5.53. The average molecular weight is 391 g/mol. The maximum Gasteiger partial charge on any atom is 0.309 e. The van der Waals surface area contributed by atoms with E-state index in [1.165, 1.54) is 11.3 Å². The fraction of sp³-hybridized carbons (Fsp3) is 0.500. The van der Waals surface area contributed by atoms with Crippen LogP contribution in [0, 0.1) is 5.41 Å². The first-order valence-corrected chi connectivity index (χ1v) is 8.32. The van der Waals surface area contributed by atoms with Crippen LogP contribution in [-0.4, -0.2) is 35.5 Å². The molecule has 8 heteroatoms. The Balaban J connectivity index is 2.42. The fourth-order valence-corrected chi connectivity index (χ4v) is 2.82. The number of hydrogen-bond donors (Lipinski definition) is 3. The first kappa shape index (κ1) is 18.6. The van der Waals surface area contributed by atoms with Crippen molar-refractivity contribution < 1.29 is 19.5 Å². The SMILES string of the molecule is CC(NC(=O)c1ccc(Br)s1)C(=O)NCCC(C)(C)C(=O)O. The van der Waals surface area contributed by atoms with Crippen LogP contribution >= 0.6 is 27.3 Å². The molecule has 0 spiro atoms. The highest BCUT2D eigenvalue weighted by atomic mass is 79.9. The summed E-state index contributed by atoms with van der Waals surface area (Å²) in [5.74, 6) is -1.57. The molecular weight excluding hydrogens is 372 g/mol. The fourth-order valence-electron chi connectivity index (χ4n) is 1.53. The van der Waals surface area contributed by atoms with Gasteiger partial charge in [-0.25, -0.2) is 0 Å². The number of aliphatic carboxylic acids is 1. The minimum absolute atomic E-state index is 0.239. The van der Waals surface area contributed by atoms with Crippen LogP contribution in [0.3, 0.4) is 0 Å². The number of thiophene rings is 1. The molecule has 0 radical (unpaired) electrons. The van der Waals surface area contributed by atoms with E-state index in [9.17, 15) is 14.4 Å². The van der Waals surface area contributed by atoms with Gasteiger partial charge in [-0.2, -0.15) is 0 Å². The molecule has 1 atom stereocenters. The van der Waals surface area contributed by atoms with E-state index in [-0.39, 0.29) is 18.4 Å². The van der Waals surface area contributed by atoms with Crippen LogP contribution in [-0.2, 0) is 9.59 Å². The molecule has 1 aromatic heterocycles. The third kappa shape index (κ3) is 5.42. The van der Waals surface area contributed by atoms with E-state index in [2.05, 4.69) is 26.6 Å². The molecule has 3 N–H and O–H groups in total. The van der Waals surface area contributed by atoms with Gasteiger partial charge in [0.25, 0.3) is 5.91 Å². The van der Waals surface area contributed by atoms with Crippen LogP contribution in [0.15, 0.2) is 15.9 Å². The number of halogens is 1. The Labute approximate surface area is 141 Å². The van der Waals surface area contributed by atoms with Crippen molar-refractivity contribution in [3.05, 3.63) is 20.8 Å². The normalized spacial score (nSPS) is 12.5. The van der Waals surface area contributed by atoms with Crippen molar-refractivity contribution in [2.45, 2.75) is 33.2 Å². The first-order chi connectivity index (χ1) is 10.1. The van der Waals surface area contributed by atoms with Crippen LogP contribution in [0.25, 0.3) is 0 Å². The number of carbonyl (C=O) groups excluding carboxylic acids is 2. The van der Waals surface area contributed by atoms with E-state index in [0.717, 1.165) is 3.79 Å². The van der Waals surface area contributed by atoms with Crippen molar-refractivity contribution in [3.63, 3.8) is 0 Å². The lowest BCUT2D eigenvalue weighted by Gasteiger charge is -2.20. The predicted molar refractivity (Wildman–Crippen MR) is 88.0 cm³/mol. The topological polar surface area (TPSA) is 95.5 Å². The summed E-state index contributed by atoms with van der Waals surface area (Å²) in [4.78, 5) is 35.3. The summed E-state index contributed by atoms with van der Waals surface area (Å²) >= 11 is 4.55. The molecule has 0 bridgehead atoms.